The molecule has 3 aromatic heterocycles. The van der Waals surface area contributed by atoms with Gasteiger partial charge >= 0.3 is 0 Å². The molecular weight excluding hydrogens is 669 g/mol. The minimum Gasteiger partial charge on any atom is -0.236 e. The molecule has 0 aliphatic rings. The van der Waals surface area contributed by atoms with Gasteiger partial charge in [0.25, 0.3) is 0 Å². The Balaban J connectivity index is 1.02. The molecule has 2 nitrogen and oxygen atoms in total. The van der Waals surface area contributed by atoms with Gasteiger partial charge in [-0.2, -0.15) is 0 Å². The van der Waals surface area contributed by atoms with Gasteiger partial charge in [0.15, 0.2) is 0 Å². The Labute approximate surface area is 307 Å². The fraction of sp³-hybridized carbons (Fsp3) is 0. The lowest BCUT2D eigenvalue weighted by Crippen LogP contribution is -1.91. The van der Waals surface area contributed by atoms with Crippen molar-refractivity contribution in [3.05, 3.63) is 170 Å². The monoisotopic (exact) mass is 696 g/mol. The van der Waals surface area contributed by atoms with Crippen LogP contribution in [-0.2, 0) is 0 Å². The average Bonchev–Trinajstić information content (AvgIpc) is 3.79. The Morgan fingerprint density at radius 1 is 0.346 bits per heavy atom. The summed E-state index contributed by atoms with van der Waals surface area (Å²) < 4.78 is 5.29. The third-order valence-corrected chi connectivity index (χ3v) is 12.8. The maximum Gasteiger partial charge on any atom is 0.116 e. The number of hydrogen-bond acceptors (Lipinski definition) is 4. The molecule has 3 heterocycles. The van der Waals surface area contributed by atoms with E-state index in [1.54, 1.807) is 6.33 Å². The van der Waals surface area contributed by atoms with Crippen molar-refractivity contribution in [1.29, 1.82) is 0 Å². The molecule has 11 aromatic rings. The summed E-state index contributed by atoms with van der Waals surface area (Å²) in [6.07, 6.45) is 1.72. The van der Waals surface area contributed by atoms with Gasteiger partial charge in [0.05, 0.1) is 11.2 Å². The molecule has 0 spiro atoms. The van der Waals surface area contributed by atoms with Gasteiger partial charge in [0, 0.05) is 56.7 Å². The summed E-state index contributed by atoms with van der Waals surface area (Å²) >= 11 is 3.74. The largest absolute Gasteiger partial charge is 0.236 e. The van der Waals surface area contributed by atoms with Crippen molar-refractivity contribution in [2.45, 2.75) is 0 Å². The zero-order valence-corrected chi connectivity index (χ0v) is 29.5. The number of fused-ring (bicyclic) bond motifs is 9. The molecule has 0 bridgehead atoms. The van der Waals surface area contributed by atoms with Crippen molar-refractivity contribution >= 4 is 84.7 Å². The molecule has 0 amide bonds. The first-order chi connectivity index (χ1) is 25.8. The normalized spacial score (nSPS) is 11.8. The van der Waals surface area contributed by atoms with E-state index >= 15 is 0 Å². The van der Waals surface area contributed by atoms with Crippen LogP contribution in [0.4, 0.5) is 0 Å². The van der Waals surface area contributed by atoms with Gasteiger partial charge in [0.2, 0.25) is 0 Å². The third-order valence-electron chi connectivity index (χ3n) is 10.4. The van der Waals surface area contributed by atoms with Gasteiger partial charge in [-0.25, -0.2) is 9.97 Å². The molecule has 0 aliphatic carbocycles. The topological polar surface area (TPSA) is 25.8 Å². The fourth-order valence-corrected chi connectivity index (χ4v) is 10.4. The van der Waals surface area contributed by atoms with Gasteiger partial charge in [-0.05, 0) is 75.2 Å². The second kappa shape index (κ2) is 11.7. The quantitative estimate of drug-likeness (QED) is 0.171. The lowest BCUT2D eigenvalue weighted by Gasteiger charge is -2.12. The van der Waals surface area contributed by atoms with Crippen LogP contribution in [0.25, 0.3) is 107 Å². The molecule has 242 valence electrons. The predicted octanol–water partition coefficient (Wildman–Crippen LogP) is 14.2. The first-order valence-corrected chi connectivity index (χ1v) is 19.1. The summed E-state index contributed by atoms with van der Waals surface area (Å²) in [4.78, 5) is 9.76. The zero-order valence-electron chi connectivity index (χ0n) is 27.9. The van der Waals surface area contributed by atoms with Crippen LogP contribution >= 0.6 is 22.7 Å². The first-order valence-electron chi connectivity index (χ1n) is 17.5. The highest BCUT2D eigenvalue weighted by Gasteiger charge is 2.15. The van der Waals surface area contributed by atoms with E-state index in [2.05, 4.69) is 164 Å². The molecule has 0 unspecified atom stereocenters. The van der Waals surface area contributed by atoms with Crippen molar-refractivity contribution in [2.24, 2.45) is 0 Å². The van der Waals surface area contributed by atoms with E-state index in [-0.39, 0.29) is 0 Å². The standard InChI is InChI=1S/C48H28N2S2/c1-3-19-43-37(13-1)39-17-7-15-35(47(39)51-43)32-10-5-9-30(25-32)31-22-21-29-23-24-41-45(49-28-50-46(41)42(29)27-31)34-12-6-11-33(26-34)36-16-8-18-40-38-14-2-4-20-44(38)52-48(36)40/h1-28H. The summed E-state index contributed by atoms with van der Waals surface area (Å²) in [5, 5.41) is 8.60. The fourth-order valence-electron chi connectivity index (χ4n) is 7.91. The van der Waals surface area contributed by atoms with Crippen molar-refractivity contribution in [3.63, 3.8) is 0 Å². The number of benzene rings is 8. The molecule has 11 rings (SSSR count). The zero-order chi connectivity index (χ0) is 34.2. The van der Waals surface area contributed by atoms with Gasteiger partial charge < -0.3 is 0 Å². The molecule has 0 aliphatic heterocycles. The first kappa shape index (κ1) is 29.5. The van der Waals surface area contributed by atoms with E-state index in [1.165, 1.54) is 73.7 Å². The van der Waals surface area contributed by atoms with Crippen LogP contribution in [0, 0.1) is 0 Å². The number of nitrogens with zero attached hydrogens (tertiary/aromatic N) is 2. The molecule has 0 atom stereocenters. The number of aromatic nitrogens is 2. The van der Waals surface area contributed by atoms with Crippen LogP contribution in [-0.4, -0.2) is 9.97 Å². The highest BCUT2D eigenvalue weighted by molar-refractivity contribution is 7.26. The summed E-state index contributed by atoms with van der Waals surface area (Å²) in [5.41, 5.74) is 10.3. The van der Waals surface area contributed by atoms with Crippen molar-refractivity contribution in [2.75, 3.05) is 0 Å². The highest BCUT2D eigenvalue weighted by Crippen LogP contribution is 2.43. The van der Waals surface area contributed by atoms with Crippen molar-refractivity contribution in [1.82, 2.24) is 9.97 Å². The molecule has 0 saturated heterocycles. The van der Waals surface area contributed by atoms with Crippen LogP contribution in [0.2, 0.25) is 0 Å². The molecule has 52 heavy (non-hydrogen) atoms. The minimum absolute atomic E-state index is 0.945. The Morgan fingerprint density at radius 2 is 0.885 bits per heavy atom. The van der Waals surface area contributed by atoms with E-state index < -0.39 is 0 Å². The number of thiophene rings is 2. The van der Waals surface area contributed by atoms with E-state index in [0.717, 1.165) is 32.9 Å². The Morgan fingerprint density at radius 3 is 1.58 bits per heavy atom. The van der Waals surface area contributed by atoms with Crippen LogP contribution in [0.15, 0.2) is 170 Å². The van der Waals surface area contributed by atoms with E-state index in [9.17, 15) is 0 Å². The Bertz CT molecular complexity index is 3200. The van der Waals surface area contributed by atoms with Crippen LogP contribution in [0.5, 0.6) is 0 Å². The molecular formula is C48H28N2S2. The minimum atomic E-state index is 0.945. The summed E-state index contributed by atoms with van der Waals surface area (Å²) in [5.74, 6) is 0. The number of rotatable bonds is 4. The van der Waals surface area contributed by atoms with Crippen LogP contribution in [0.1, 0.15) is 0 Å². The second-order valence-corrected chi connectivity index (χ2v) is 15.4. The van der Waals surface area contributed by atoms with Crippen molar-refractivity contribution in [3.8, 4) is 44.6 Å². The lowest BCUT2D eigenvalue weighted by atomic mass is 9.95. The third kappa shape index (κ3) is 4.62. The molecule has 0 fully saturated rings. The van der Waals surface area contributed by atoms with Crippen LogP contribution < -0.4 is 0 Å². The van der Waals surface area contributed by atoms with Gasteiger partial charge in [-0.15, -0.1) is 22.7 Å². The summed E-state index contributed by atoms with van der Waals surface area (Å²) in [7, 11) is 0. The van der Waals surface area contributed by atoms with E-state index in [0.29, 0.717) is 0 Å². The second-order valence-electron chi connectivity index (χ2n) is 13.3. The summed E-state index contributed by atoms with van der Waals surface area (Å²) in [6.45, 7) is 0. The molecule has 0 saturated carbocycles. The Hall–Kier alpha value is -6.20. The van der Waals surface area contributed by atoms with Gasteiger partial charge in [-0.1, -0.05) is 127 Å². The maximum atomic E-state index is 4.89. The van der Waals surface area contributed by atoms with Gasteiger partial charge in [0.1, 0.15) is 6.33 Å². The highest BCUT2D eigenvalue weighted by atomic mass is 32.1. The SMILES string of the molecule is c1cc(-c2ccc3ccc4c(-c5cccc(-c6cccc7c6sc6ccccc67)c5)ncnc4c3c2)cc(-c2cccc3c2sc2ccccc23)c1. The average molecular weight is 697 g/mol. The predicted molar refractivity (Wildman–Crippen MR) is 225 cm³/mol. The van der Waals surface area contributed by atoms with Crippen LogP contribution in [0.3, 0.4) is 0 Å². The lowest BCUT2D eigenvalue weighted by molar-refractivity contribution is 1.23. The van der Waals surface area contributed by atoms with E-state index in [4.69, 9.17) is 9.97 Å². The Kier molecular flexibility index (Phi) is 6.63. The summed E-state index contributed by atoms with van der Waals surface area (Å²) in [6, 6.07) is 59.6. The smallest absolute Gasteiger partial charge is 0.116 e. The molecule has 8 aromatic carbocycles. The van der Waals surface area contributed by atoms with Crippen molar-refractivity contribution < 1.29 is 0 Å². The molecule has 4 heteroatoms. The molecule has 0 N–H and O–H groups in total. The van der Waals surface area contributed by atoms with Gasteiger partial charge in [-0.3, -0.25) is 0 Å². The molecule has 0 radical (unpaired) electrons. The number of hydrogen-bond donors (Lipinski definition) is 0. The maximum absolute atomic E-state index is 4.89. The van der Waals surface area contributed by atoms with E-state index in [1.807, 2.05) is 22.7 Å².